The fourth-order valence-corrected chi connectivity index (χ4v) is 2.87. The van der Waals surface area contributed by atoms with E-state index in [1.165, 1.54) is 6.20 Å². The summed E-state index contributed by atoms with van der Waals surface area (Å²) >= 11 is 0. The summed E-state index contributed by atoms with van der Waals surface area (Å²) in [6, 6.07) is 15.4. The molecule has 0 saturated carbocycles. The first-order chi connectivity index (χ1) is 12.7. The number of hydrogen-bond acceptors (Lipinski definition) is 4. The number of rotatable bonds is 4. The Hall–Kier alpha value is -3.54. The summed E-state index contributed by atoms with van der Waals surface area (Å²) in [5, 5.41) is 11.5. The quantitative estimate of drug-likeness (QED) is 0.616. The highest BCUT2D eigenvalue weighted by atomic mass is 16.1. The maximum atomic E-state index is 12.4. The number of pyridine rings is 1. The minimum absolute atomic E-state index is 0.280. The molecular weight excluding hydrogens is 326 g/mol. The molecule has 0 atom stereocenters. The van der Waals surface area contributed by atoms with Gasteiger partial charge in [0, 0.05) is 36.2 Å². The summed E-state index contributed by atoms with van der Waals surface area (Å²) in [5.41, 5.74) is 4.16. The van der Waals surface area contributed by atoms with Crippen molar-refractivity contribution in [2.45, 2.75) is 13.5 Å². The molecule has 6 nitrogen and oxygen atoms in total. The third-order valence-corrected chi connectivity index (χ3v) is 4.17. The molecule has 128 valence electrons. The van der Waals surface area contributed by atoms with Crippen LogP contribution in [0, 0.1) is 6.92 Å². The van der Waals surface area contributed by atoms with Crippen LogP contribution in [0.3, 0.4) is 0 Å². The van der Waals surface area contributed by atoms with Gasteiger partial charge in [0.05, 0.1) is 11.2 Å². The molecule has 26 heavy (non-hydrogen) atoms. The predicted molar refractivity (Wildman–Crippen MR) is 100.0 cm³/mol. The fourth-order valence-electron chi connectivity index (χ4n) is 2.87. The van der Waals surface area contributed by atoms with Crippen molar-refractivity contribution in [2.24, 2.45) is 0 Å². The van der Waals surface area contributed by atoms with Crippen LogP contribution in [-0.4, -0.2) is 25.7 Å². The van der Waals surface area contributed by atoms with Gasteiger partial charge in [-0.1, -0.05) is 24.3 Å². The number of amides is 1. The largest absolute Gasteiger partial charge is 0.341 e. The Morgan fingerprint density at radius 3 is 2.77 bits per heavy atom. The van der Waals surface area contributed by atoms with Crippen LogP contribution in [0.4, 0.5) is 5.69 Å². The van der Waals surface area contributed by atoms with Gasteiger partial charge in [0.2, 0.25) is 0 Å². The lowest BCUT2D eigenvalue weighted by atomic mass is 10.2. The average molecular weight is 343 g/mol. The smallest absolute Gasteiger partial charge is 0.276 e. The summed E-state index contributed by atoms with van der Waals surface area (Å²) in [6.07, 6.45) is 5.36. The molecule has 1 amide bonds. The van der Waals surface area contributed by atoms with Gasteiger partial charge in [-0.15, -0.1) is 5.10 Å². The number of fused-ring (bicyclic) bond motifs is 1. The van der Waals surface area contributed by atoms with E-state index >= 15 is 0 Å². The summed E-state index contributed by atoms with van der Waals surface area (Å²) < 4.78 is 2.11. The van der Waals surface area contributed by atoms with Crippen molar-refractivity contribution in [1.29, 1.82) is 0 Å². The lowest BCUT2D eigenvalue weighted by molar-refractivity contribution is 0.102. The van der Waals surface area contributed by atoms with E-state index in [-0.39, 0.29) is 11.6 Å². The van der Waals surface area contributed by atoms with Crippen molar-refractivity contribution in [3.8, 4) is 0 Å². The summed E-state index contributed by atoms with van der Waals surface area (Å²) in [6.45, 7) is 2.64. The van der Waals surface area contributed by atoms with Crippen molar-refractivity contribution >= 4 is 22.5 Å². The molecule has 0 aliphatic carbocycles. The number of nitrogens with one attached hydrogen (secondary N) is 1. The van der Waals surface area contributed by atoms with E-state index in [1.54, 1.807) is 12.1 Å². The zero-order chi connectivity index (χ0) is 17.9. The topological polar surface area (TPSA) is 72.7 Å². The molecule has 3 aromatic heterocycles. The van der Waals surface area contributed by atoms with Gasteiger partial charge in [-0.3, -0.25) is 9.78 Å². The second kappa shape index (κ2) is 6.76. The third-order valence-electron chi connectivity index (χ3n) is 4.17. The van der Waals surface area contributed by atoms with Crippen LogP contribution in [0.1, 0.15) is 21.7 Å². The van der Waals surface area contributed by atoms with Crippen LogP contribution in [0.2, 0.25) is 0 Å². The normalized spacial score (nSPS) is 10.8. The van der Waals surface area contributed by atoms with Gasteiger partial charge in [-0.2, -0.15) is 5.10 Å². The molecule has 0 radical (unpaired) electrons. The molecule has 4 aromatic rings. The number of para-hydroxylation sites is 1. The molecule has 3 heterocycles. The molecule has 0 unspecified atom stereocenters. The highest BCUT2D eigenvalue weighted by Crippen LogP contribution is 2.27. The van der Waals surface area contributed by atoms with E-state index in [1.807, 2.05) is 49.6 Å². The Morgan fingerprint density at radius 1 is 1.12 bits per heavy atom. The lowest BCUT2D eigenvalue weighted by Crippen LogP contribution is -2.13. The van der Waals surface area contributed by atoms with Crippen molar-refractivity contribution < 1.29 is 4.79 Å². The first-order valence-corrected chi connectivity index (χ1v) is 8.29. The molecule has 4 rings (SSSR count). The molecule has 0 bridgehead atoms. The van der Waals surface area contributed by atoms with Crippen molar-refractivity contribution in [1.82, 2.24) is 19.7 Å². The van der Waals surface area contributed by atoms with Gasteiger partial charge in [0.25, 0.3) is 5.91 Å². The predicted octanol–water partition coefficient (Wildman–Crippen LogP) is 3.44. The zero-order valence-corrected chi connectivity index (χ0v) is 14.3. The van der Waals surface area contributed by atoms with Crippen LogP contribution in [0.25, 0.3) is 10.9 Å². The van der Waals surface area contributed by atoms with Crippen molar-refractivity contribution in [3.05, 3.63) is 84.1 Å². The SMILES string of the molecule is Cc1ccc(Cn2cc(NC(=O)c3cccnn3)c3ccccc32)cn1. The highest BCUT2D eigenvalue weighted by molar-refractivity contribution is 6.08. The van der Waals surface area contributed by atoms with Gasteiger partial charge < -0.3 is 9.88 Å². The van der Waals surface area contributed by atoms with Gasteiger partial charge >= 0.3 is 0 Å². The third kappa shape index (κ3) is 3.17. The summed E-state index contributed by atoms with van der Waals surface area (Å²) in [4.78, 5) is 16.8. The molecule has 0 saturated heterocycles. The molecule has 1 aromatic carbocycles. The van der Waals surface area contributed by atoms with Crippen LogP contribution < -0.4 is 5.32 Å². The molecule has 0 fully saturated rings. The maximum Gasteiger partial charge on any atom is 0.276 e. The molecule has 0 aliphatic heterocycles. The minimum atomic E-state index is -0.280. The monoisotopic (exact) mass is 343 g/mol. The Labute approximate surface area is 150 Å². The number of nitrogens with zero attached hydrogens (tertiary/aromatic N) is 4. The number of anilines is 1. The van der Waals surface area contributed by atoms with Crippen molar-refractivity contribution in [2.75, 3.05) is 5.32 Å². The van der Waals surface area contributed by atoms with Crippen LogP contribution in [0.5, 0.6) is 0 Å². The number of carbonyl (C=O) groups excluding carboxylic acids is 1. The Kier molecular flexibility index (Phi) is 4.15. The minimum Gasteiger partial charge on any atom is -0.341 e. The molecule has 1 N–H and O–H groups in total. The first-order valence-electron chi connectivity index (χ1n) is 8.29. The van der Waals surface area contributed by atoms with E-state index < -0.39 is 0 Å². The number of hydrogen-bond donors (Lipinski definition) is 1. The lowest BCUT2D eigenvalue weighted by Gasteiger charge is -2.05. The second-order valence-corrected chi connectivity index (χ2v) is 6.06. The van der Waals surface area contributed by atoms with Crippen LogP contribution in [-0.2, 0) is 6.54 Å². The number of carbonyl (C=O) groups is 1. The maximum absolute atomic E-state index is 12.4. The molecule has 0 spiro atoms. The highest BCUT2D eigenvalue weighted by Gasteiger charge is 2.13. The molecule has 6 heteroatoms. The van der Waals surface area contributed by atoms with E-state index in [0.717, 1.165) is 27.8 Å². The standard InChI is InChI=1S/C20H17N5O/c1-14-8-9-15(11-21-14)12-25-13-18(16-5-2-3-7-19(16)25)23-20(26)17-6-4-10-22-24-17/h2-11,13H,12H2,1H3,(H,23,26). The number of aromatic nitrogens is 4. The van der Waals surface area contributed by atoms with Crippen LogP contribution in [0.15, 0.2) is 67.1 Å². The fraction of sp³-hybridized carbons (Fsp3) is 0.100. The zero-order valence-electron chi connectivity index (χ0n) is 14.3. The van der Waals surface area contributed by atoms with Gasteiger partial charge in [-0.25, -0.2) is 0 Å². The van der Waals surface area contributed by atoms with Gasteiger partial charge in [0.15, 0.2) is 5.69 Å². The summed E-state index contributed by atoms with van der Waals surface area (Å²) in [7, 11) is 0. The Morgan fingerprint density at radius 2 is 2.00 bits per heavy atom. The van der Waals surface area contributed by atoms with E-state index in [9.17, 15) is 4.79 Å². The average Bonchev–Trinajstić information content (AvgIpc) is 3.02. The van der Waals surface area contributed by atoms with Crippen molar-refractivity contribution in [3.63, 3.8) is 0 Å². The first kappa shape index (κ1) is 16.0. The van der Waals surface area contributed by atoms with E-state index in [4.69, 9.17) is 0 Å². The Bertz CT molecular complexity index is 1050. The van der Waals surface area contributed by atoms with Crippen LogP contribution >= 0.6 is 0 Å². The number of aryl methyl sites for hydroxylation is 1. The van der Waals surface area contributed by atoms with E-state index in [2.05, 4.69) is 31.1 Å². The van der Waals surface area contributed by atoms with E-state index in [0.29, 0.717) is 6.54 Å². The van der Waals surface area contributed by atoms with Gasteiger partial charge in [0.1, 0.15) is 0 Å². The Balaban J connectivity index is 1.67. The summed E-state index contributed by atoms with van der Waals surface area (Å²) in [5.74, 6) is -0.280. The molecule has 0 aliphatic rings. The van der Waals surface area contributed by atoms with Gasteiger partial charge in [-0.05, 0) is 36.8 Å². The number of benzene rings is 1. The molecular formula is C20H17N5O. The second-order valence-electron chi connectivity index (χ2n) is 6.06.